The zero-order valence-electron chi connectivity index (χ0n) is 7.33. The number of aldehydes is 1. The van der Waals surface area contributed by atoms with E-state index in [0.717, 1.165) is 11.8 Å². The molecule has 0 atom stereocenters. The molecule has 0 bridgehead atoms. The largest absolute Gasteiger partial charge is 0.493 e. The molecular formula is C10H12O2. The van der Waals surface area contributed by atoms with E-state index in [0.29, 0.717) is 17.9 Å². The number of rotatable bonds is 3. The van der Waals surface area contributed by atoms with Crippen molar-refractivity contribution < 1.29 is 9.53 Å². The molecule has 0 fully saturated rings. The van der Waals surface area contributed by atoms with Gasteiger partial charge in [-0.05, 0) is 31.5 Å². The van der Waals surface area contributed by atoms with Crippen LogP contribution < -0.4 is 4.74 Å². The SMILES string of the molecule is CCOc1cc(C)ccc1C=O. The molecule has 2 heteroatoms. The summed E-state index contributed by atoms with van der Waals surface area (Å²) in [6.07, 6.45) is 0.810. The molecule has 0 heterocycles. The first-order valence-electron chi connectivity index (χ1n) is 3.96. The Morgan fingerprint density at radius 2 is 2.25 bits per heavy atom. The predicted molar refractivity (Wildman–Crippen MR) is 47.7 cm³/mol. The van der Waals surface area contributed by atoms with Gasteiger partial charge in [-0.2, -0.15) is 0 Å². The molecule has 0 aromatic heterocycles. The molecule has 0 N–H and O–H groups in total. The third kappa shape index (κ3) is 1.84. The van der Waals surface area contributed by atoms with Crippen LogP contribution in [0.4, 0.5) is 0 Å². The molecule has 0 aliphatic heterocycles. The standard InChI is InChI=1S/C10H12O2/c1-3-12-10-6-8(2)4-5-9(10)7-11/h4-7H,3H2,1-2H3. The van der Waals surface area contributed by atoms with Gasteiger partial charge in [0.15, 0.2) is 6.29 Å². The summed E-state index contributed by atoms with van der Waals surface area (Å²) in [4.78, 5) is 10.5. The van der Waals surface area contributed by atoms with Crippen LogP contribution in [0.15, 0.2) is 18.2 Å². The van der Waals surface area contributed by atoms with Gasteiger partial charge in [0.1, 0.15) is 5.75 Å². The normalized spacial score (nSPS) is 9.50. The van der Waals surface area contributed by atoms with Crippen molar-refractivity contribution in [2.75, 3.05) is 6.61 Å². The molecule has 0 saturated heterocycles. The molecule has 0 spiro atoms. The first kappa shape index (κ1) is 8.78. The fourth-order valence-electron chi connectivity index (χ4n) is 1.02. The highest BCUT2D eigenvalue weighted by Gasteiger charge is 2.00. The number of benzene rings is 1. The van der Waals surface area contributed by atoms with Gasteiger partial charge in [-0.3, -0.25) is 4.79 Å². The van der Waals surface area contributed by atoms with Crippen LogP contribution in [0.25, 0.3) is 0 Å². The van der Waals surface area contributed by atoms with Gasteiger partial charge >= 0.3 is 0 Å². The highest BCUT2D eigenvalue weighted by Crippen LogP contribution is 2.18. The first-order valence-corrected chi connectivity index (χ1v) is 3.96. The summed E-state index contributed by atoms with van der Waals surface area (Å²) in [6.45, 7) is 4.46. The van der Waals surface area contributed by atoms with Crippen LogP contribution in [0.2, 0.25) is 0 Å². The molecule has 12 heavy (non-hydrogen) atoms. The van der Waals surface area contributed by atoms with E-state index >= 15 is 0 Å². The fourth-order valence-corrected chi connectivity index (χ4v) is 1.02. The van der Waals surface area contributed by atoms with Gasteiger partial charge < -0.3 is 4.74 Å². The van der Waals surface area contributed by atoms with Crippen molar-refractivity contribution in [1.29, 1.82) is 0 Å². The van der Waals surface area contributed by atoms with E-state index in [9.17, 15) is 4.79 Å². The monoisotopic (exact) mass is 164 g/mol. The second-order valence-corrected chi connectivity index (χ2v) is 2.59. The highest BCUT2D eigenvalue weighted by molar-refractivity contribution is 5.79. The number of carbonyl (C=O) groups is 1. The first-order chi connectivity index (χ1) is 5.77. The Labute approximate surface area is 72.2 Å². The Morgan fingerprint density at radius 3 is 2.83 bits per heavy atom. The Kier molecular flexibility index (Phi) is 2.86. The number of carbonyl (C=O) groups excluding carboxylic acids is 1. The molecule has 0 aliphatic rings. The molecule has 0 unspecified atom stereocenters. The molecule has 1 aromatic rings. The maximum absolute atomic E-state index is 10.5. The Balaban J connectivity index is 3.03. The van der Waals surface area contributed by atoms with E-state index in [4.69, 9.17) is 4.74 Å². The summed E-state index contributed by atoms with van der Waals surface area (Å²) in [7, 11) is 0. The van der Waals surface area contributed by atoms with Crippen molar-refractivity contribution >= 4 is 6.29 Å². The van der Waals surface area contributed by atoms with Crippen LogP contribution in [0, 0.1) is 6.92 Å². The maximum atomic E-state index is 10.5. The molecule has 0 amide bonds. The molecule has 64 valence electrons. The van der Waals surface area contributed by atoms with Crippen molar-refractivity contribution in [2.45, 2.75) is 13.8 Å². The van der Waals surface area contributed by atoms with Crippen LogP contribution in [-0.4, -0.2) is 12.9 Å². The van der Waals surface area contributed by atoms with Gasteiger partial charge in [0.2, 0.25) is 0 Å². The van der Waals surface area contributed by atoms with Crippen molar-refractivity contribution in [2.24, 2.45) is 0 Å². The van der Waals surface area contributed by atoms with Gasteiger partial charge in [-0.1, -0.05) is 6.07 Å². The molecular weight excluding hydrogens is 152 g/mol. The third-order valence-corrected chi connectivity index (χ3v) is 1.60. The van der Waals surface area contributed by atoms with Crippen molar-refractivity contribution in [1.82, 2.24) is 0 Å². The molecule has 2 nitrogen and oxygen atoms in total. The maximum Gasteiger partial charge on any atom is 0.153 e. The van der Waals surface area contributed by atoms with E-state index < -0.39 is 0 Å². The molecule has 1 rings (SSSR count). The van der Waals surface area contributed by atoms with Crippen LogP contribution >= 0.6 is 0 Å². The molecule has 0 saturated carbocycles. The average molecular weight is 164 g/mol. The van der Waals surface area contributed by atoms with E-state index in [1.54, 1.807) is 6.07 Å². The lowest BCUT2D eigenvalue weighted by atomic mass is 10.1. The van der Waals surface area contributed by atoms with E-state index in [2.05, 4.69) is 0 Å². The molecule has 0 aliphatic carbocycles. The summed E-state index contributed by atoms with van der Waals surface area (Å²) in [6, 6.07) is 5.53. The summed E-state index contributed by atoms with van der Waals surface area (Å²) < 4.78 is 5.28. The van der Waals surface area contributed by atoms with Crippen molar-refractivity contribution in [3.8, 4) is 5.75 Å². The lowest BCUT2D eigenvalue weighted by Gasteiger charge is -2.05. The molecule has 0 radical (unpaired) electrons. The van der Waals surface area contributed by atoms with Gasteiger partial charge in [-0.25, -0.2) is 0 Å². The second-order valence-electron chi connectivity index (χ2n) is 2.59. The fraction of sp³-hybridized carbons (Fsp3) is 0.300. The minimum Gasteiger partial charge on any atom is -0.493 e. The highest BCUT2D eigenvalue weighted by atomic mass is 16.5. The van der Waals surface area contributed by atoms with Crippen molar-refractivity contribution in [3.05, 3.63) is 29.3 Å². The second kappa shape index (κ2) is 3.90. The van der Waals surface area contributed by atoms with E-state index in [1.807, 2.05) is 26.0 Å². The summed E-state index contributed by atoms with van der Waals surface area (Å²) in [5.74, 6) is 0.674. The Bertz CT molecular complexity index is 279. The van der Waals surface area contributed by atoms with Crippen LogP contribution in [0.1, 0.15) is 22.8 Å². The van der Waals surface area contributed by atoms with E-state index in [-0.39, 0.29) is 0 Å². The summed E-state index contributed by atoms with van der Waals surface area (Å²) in [5.41, 5.74) is 1.71. The predicted octanol–water partition coefficient (Wildman–Crippen LogP) is 2.21. The van der Waals surface area contributed by atoms with Crippen LogP contribution in [-0.2, 0) is 0 Å². The number of aryl methyl sites for hydroxylation is 1. The van der Waals surface area contributed by atoms with Crippen molar-refractivity contribution in [3.63, 3.8) is 0 Å². The lowest BCUT2D eigenvalue weighted by Crippen LogP contribution is -1.95. The molecule has 1 aromatic carbocycles. The Morgan fingerprint density at radius 1 is 1.50 bits per heavy atom. The third-order valence-electron chi connectivity index (χ3n) is 1.60. The zero-order chi connectivity index (χ0) is 8.97. The topological polar surface area (TPSA) is 26.3 Å². The van der Waals surface area contributed by atoms with Gasteiger partial charge in [0.05, 0.1) is 12.2 Å². The average Bonchev–Trinajstić information content (AvgIpc) is 2.05. The summed E-state index contributed by atoms with van der Waals surface area (Å²) in [5, 5.41) is 0. The number of ether oxygens (including phenoxy) is 1. The lowest BCUT2D eigenvalue weighted by molar-refractivity contribution is 0.112. The number of hydrogen-bond donors (Lipinski definition) is 0. The zero-order valence-corrected chi connectivity index (χ0v) is 7.33. The van der Waals surface area contributed by atoms with Gasteiger partial charge in [-0.15, -0.1) is 0 Å². The minimum absolute atomic E-state index is 0.588. The van der Waals surface area contributed by atoms with Crippen LogP contribution in [0.3, 0.4) is 0 Å². The van der Waals surface area contributed by atoms with Gasteiger partial charge in [0, 0.05) is 0 Å². The Hall–Kier alpha value is -1.31. The smallest absolute Gasteiger partial charge is 0.153 e. The quantitative estimate of drug-likeness (QED) is 0.640. The van der Waals surface area contributed by atoms with Gasteiger partial charge in [0.25, 0.3) is 0 Å². The minimum atomic E-state index is 0.588. The van der Waals surface area contributed by atoms with Crippen LogP contribution in [0.5, 0.6) is 5.75 Å². The number of hydrogen-bond acceptors (Lipinski definition) is 2. The summed E-state index contributed by atoms with van der Waals surface area (Å²) >= 11 is 0. The van der Waals surface area contributed by atoms with E-state index in [1.165, 1.54) is 0 Å².